The lowest BCUT2D eigenvalue weighted by molar-refractivity contribution is 0.281. The van der Waals surface area contributed by atoms with Gasteiger partial charge in [0.2, 0.25) is 0 Å². The molecular weight excluding hydrogens is 178 g/mol. The van der Waals surface area contributed by atoms with Gasteiger partial charge in [-0.2, -0.15) is 5.10 Å². The SMILES string of the molecule is Cn1ccc(-c2ccc(CO)cn2)n1. The Balaban J connectivity index is 2.33. The maximum atomic E-state index is 8.84. The molecule has 0 aliphatic rings. The predicted octanol–water partition coefficient (Wildman–Crippen LogP) is 0.974. The average Bonchev–Trinajstić information content (AvgIpc) is 2.65. The van der Waals surface area contributed by atoms with Crippen LogP contribution in [0.5, 0.6) is 0 Å². The number of aliphatic hydroxyl groups is 1. The number of hydrogen-bond donors (Lipinski definition) is 1. The maximum Gasteiger partial charge on any atom is 0.111 e. The Labute approximate surface area is 81.8 Å². The molecule has 0 aliphatic carbocycles. The van der Waals surface area contributed by atoms with Gasteiger partial charge in [-0.3, -0.25) is 9.67 Å². The van der Waals surface area contributed by atoms with Crippen LogP contribution in [0.15, 0.2) is 30.6 Å². The smallest absolute Gasteiger partial charge is 0.111 e. The van der Waals surface area contributed by atoms with Gasteiger partial charge in [-0.15, -0.1) is 0 Å². The molecule has 0 aromatic carbocycles. The van der Waals surface area contributed by atoms with Crippen LogP contribution >= 0.6 is 0 Å². The summed E-state index contributed by atoms with van der Waals surface area (Å²) in [6, 6.07) is 5.60. The third-order valence-electron chi connectivity index (χ3n) is 1.98. The number of aromatic nitrogens is 3. The van der Waals surface area contributed by atoms with Gasteiger partial charge in [0.25, 0.3) is 0 Å². The second-order valence-corrected chi connectivity index (χ2v) is 3.08. The van der Waals surface area contributed by atoms with Crippen molar-refractivity contribution in [2.24, 2.45) is 7.05 Å². The lowest BCUT2D eigenvalue weighted by Gasteiger charge is -1.97. The Morgan fingerprint density at radius 1 is 1.29 bits per heavy atom. The van der Waals surface area contributed by atoms with Crippen LogP contribution in [0.2, 0.25) is 0 Å². The molecule has 0 saturated heterocycles. The summed E-state index contributed by atoms with van der Waals surface area (Å²) in [5, 5.41) is 13.1. The van der Waals surface area contributed by atoms with Crippen LogP contribution in [0.1, 0.15) is 5.56 Å². The summed E-state index contributed by atoms with van der Waals surface area (Å²) >= 11 is 0. The van der Waals surface area contributed by atoms with E-state index in [1.165, 1.54) is 0 Å². The van der Waals surface area contributed by atoms with Gasteiger partial charge in [-0.05, 0) is 17.7 Å². The van der Waals surface area contributed by atoms with Crippen LogP contribution in [0.25, 0.3) is 11.4 Å². The Morgan fingerprint density at radius 3 is 2.64 bits per heavy atom. The normalized spacial score (nSPS) is 10.4. The van der Waals surface area contributed by atoms with Gasteiger partial charge in [0, 0.05) is 19.4 Å². The zero-order valence-electron chi connectivity index (χ0n) is 7.88. The van der Waals surface area contributed by atoms with Crippen LogP contribution in [0.4, 0.5) is 0 Å². The summed E-state index contributed by atoms with van der Waals surface area (Å²) in [6.07, 6.45) is 3.53. The summed E-state index contributed by atoms with van der Waals surface area (Å²) in [5.41, 5.74) is 2.48. The molecule has 0 unspecified atom stereocenters. The fourth-order valence-electron chi connectivity index (χ4n) is 1.22. The maximum absolute atomic E-state index is 8.84. The molecule has 0 bridgehead atoms. The zero-order valence-corrected chi connectivity index (χ0v) is 7.88. The second kappa shape index (κ2) is 3.59. The lowest BCUT2D eigenvalue weighted by atomic mass is 10.2. The molecule has 2 heterocycles. The molecule has 0 amide bonds. The molecule has 4 nitrogen and oxygen atoms in total. The first-order chi connectivity index (χ1) is 6.79. The Hall–Kier alpha value is -1.68. The van der Waals surface area contributed by atoms with Crippen molar-refractivity contribution in [3.8, 4) is 11.4 Å². The summed E-state index contributed by atoms with van der Waals surface area (Å²) in [4.78, 5) is 4.20. The number of rotatable bonds is 2. The van der Waals surface area contributed by atoms with E-state index in [9.17, 15) is 0 Å². The standard InChI is InChI=1S/C10H11N3O/c1-13-5-4-10(12-13)9-3-2-8(7-14)6-11-9/h2-6,14H,7H2,1H3. The van der Waals surface area contributed by atoms with E-state index >= 15 is 0 Å². The van der Waals surface area contributed by atoms with Crippen LogP contribution in [-0.2, 0) is 13.7 Å². The summed E-state index contributed by atoms with van der Waals surface area (Å²) in [6.45, 7) is 0.0233. The average molecular weight is 189 g/mol. The van der Waals surface area contributed by atoms with E-state index in [1.807, 2.05) is 31.4 Å². The molecule has 2 rings (SSSR count). The van der Waals surface area contributed by atoms with Crippen molar-refractivity contribution < 1.29 is 5.11 Å². The van der Waals surface area contributed by atoms with Crippen molar-refractivity contribution in [1.29, 1.82) is 0 Å². The molecule has 1 N–H and O–H groups in total. The highest BCUT2D eigenvalue weighted by molar-refractivity contribution is 5.53. The number of nitrogens with zero attached hydrogens (tertiary/aromatic N) is 3. The summed E-state index contributed by atoms with van der Waals surface area (Å²) in [7, 11) is 1.87. The molecule has 0 radical (unpaired) electrons. The molecule has 4 heteroatoms. The van der Waals surface area contributed by atoms with Gasteiger partial charge >= 0.3 is 0 Å². The van der Waals surface area contributed by atoms with Gasteiger partial charge in [-0.1, -0.05) is 6.07 Å². The highest BCUT2D eigenvalue weighted by atomic mass is 16.3. The quantitative estimate of drug-likeness (QED) is 0.766. The first kappa shape index (κ1) is 8.90. The molecule has 72 valence electrons. The molecule has 0 fully saturated rings. The third-order valence-corrected chi connectivity index (χ3v) is 1.98. The molecule has 2 aromatic rings. The van der Waals surface area contributed by atoms with Crippen LogP contribution in [-0.4, -0.2) is 19.9 Å². The van der Waals surface area contributed by atoms with Crippen molar-refractivity contribution in [2.45, 2.75) is 6.61 Å². The molecule has 14 heavy (non-hydrogen) atoms. The minimum Gasteiger partial charge on any atom is -0.392 e. The van der Waals surface area contributed by atoms with Crippen molar-refractivity contribution in [3.05, 3.63) is 36.2 Å². The predicted molar refractivity (Wildman–Crippen MR) is 52.4 cm³/mol. The van der Waals surface area contributed by atoms with Crippen LogP contribution in [0, 0.1) is 0 Å². The number of pyridine rings is 1. The zero-order chi connectivity index (χ0) is 9.97. The van der Waals surface area contributed by atoms with Crippen LogP contribution in [0.3, 0.4) is 0 Å². The van der Waals surface area contributed by atoms with E-state index in [2.05, 4.69) is 10.1 Å². The largest absolute Gasteiger partial charge is 0.392 e. The number of hydrogen-bond acceptors (Lipinski definition) is 3. The van der Waals surface area contributed by atoms with Gasteiger partial charge in [0.1, 0.15) is 5.69 Å². The van der Waals surface area contributed by atoms with Crippen molar-refractivity contribution in [1.82, 2.24) is 14.8 Å². The molecule has 2 aromatic heterocycles. The monoisotopic (exact) mass is 189 g/mol. The molecule has 0 atom stereocenters. The highest BCUT2D eigenvalue weighted by Gasteiger charge is 2.01. The minimum atomic E-state index is 0.0233. The second-order valence-electron chi connectivity index (χ2n) is 3.08. The Bertz CT molecular complexity index is 419. The van der Waals surface area contributed by atoms with Gasteiger partial charge in [0.15, 0.2) is 0 Å². The Morgan fingerprint density at radius 2 is 2.14 bits per heavy atom. The van der Waals surface area contributed by atoms with Gasteiger partial charge in [-0.25, -0.2) is 0 Å². The van der Waals surface area contributed by atoms with E-state index in [0.29, 0.717) is 0 Å². The van der Waals surface area contributed by atoms with Crippen molar-refractivity contribution in [2.75, 3.05) is 0 Å². The number of aryl methyl sites for hydroxylation is 1. The fraction of sp³-hybridized carbons (Fsp3) is 0.200. The van der Waals surface area contributed by atoms with Crippen LogP contribution < -0.4 is 0 Å². The highest BCUT2D eigenvalue weighted by Crippen LogP contribution is 2.13. The van der Waals surface area contributed by atoms with E-state index in [0.717, 1.165) is 17.0 Å². The van der Waals surface area contributed by atoms with Gasteiger partial charge < -0.3 is 5.11 Å². The topological polar surface area (TPSA) is 50.9 Å². The third kappa shape index (κ3) is 1.65. The molecule has 0 aliphatic heterocycles. The molecule has 0 spiro atoms. The van der Waals surface area contributed by atoms with Crippen molar-refractivity contribution >= 4 is 0 Å². The van der Waals surface area contributed by atoms with Crippen molar-refractivity contribution in [3.63, 3.8) is 0 Å². The molecule has 0 saturated carbocycles. The Kier molecular flexibility index (Phi) is 2.28. The number of aliphatic hydroxyl groups excluding tert-OH is 1. The van der Waals surface area contributed by atoms with E-state index in [1.54, 1.807) is 10.9 Å². The first-order valence-corrected chi connectivity index (χ1v) is 4.35. The van der Waals surface area contributed by atoms with Gasteiger partial charge in [0.05, 0.1) is 12.3 Å². The summed E-state index contributed by atoms with van der Waals surface area (Å²) < 4.78 is 1.73. The van der Waals surface area contributed by atoms with E-state index in [-0.39, 0.29) is 6.61 Å². The lowest BCUT2D eigenvalue weighted by Crippen LogP contribution is -1.91. The van der Waals surface area contributed by atoms with E-state index < -0.39 is 0 Å². The van der Waals surface area contributed by atoms with E-state index in [4.69, 9.17) is 5.11 Å². The molecular formula is C10H11N3O. The first-order valence-electron chi connectivity index (χ1n) is 4.35. The fourth-order valence-corrected chi connectivity index (χ4v) is 1.22. The summed E-state index contributed by atoms with van der Waals surface area (Å²) in [5.74, 6) is 0. The minimum absolute atomic E-state index is 0.0233.